The van der Waals surface area contributed by atoms with Crippen molar-refractivity contribution >= 4 is 17.5 Å². The molecule has 0 saturated carbocycles. The summed E-state index contributed by atoms with van der Waals surface area (Å²) < 4.78 is 5.46. The van der Waals surface area contributed by atoms with Gasteiger partial charge in [-0.3, -0.25) is 9.69 Å². The van der Waals surface area contributed by atoms with Gasteiger partial charge in [0.25, 0.3) is 0 Å². The second kappa shape index (κ2) is 7.53. The molecular weight excluding hydrogens is 360 g/mol. The number of benzene rings is 2. The van der Waals surface area contributed by atoms with Crippen molar-refractivity contribution in [2.24, 2.45) is 0 Å². The number of rotatable bonds is 5. The number of carbonyl (C=O) groups excluding carboxylic acids is 1. The van der Waals surface area contributed by atoms with Gasteiger partial charge in [-0.2, -0.15) is 0 Å². The van der Waals surface area contributed by atoms with E-state index in [1.165, 1.54) is 5.56 Å². The van der Waals surface area contributed by atoms with E-state index in [1.807, 2.05) is 41.3 Å². The molecule has 0 aliphatic carbocycles. The van der Waals surface area contributed by atoms with E-state index in [0.29, 0.717) is 6.54 Å². The van der Waals surface area contributed by atoms with Gasteiger partial charge in [0.05, 0.1) is 7.11 Å². The van der Waals surface area contributed by atoms with E-state index in [-0.39, 0.29) is 11.4 Å². The molecule has 0 bridgehead atoms. The summed E-state index contributed by atoms with van der Waals surface area (Å²) in [4.78, 5) is 17.8. The molecule has 1 atom stereocenters. The monoisotopic (exact) mass is 384 g/mol. The highest BCUT2D eigenvalue weighted by atomic mass is 35.5. The number of amides is 1. The highest BCUT2D eigenvalue weighted by molar-refractivity contribution is 6.30. The summed E-state index contributed by atoms with van der Waals surface area (Å²) in [5, 5.41) is 0.745. The normalized spacial score (nSPS) is 22.7. The van der Waals surface area contributed by atoms with Crippen LogP contribution in [-0.2, 0) is 17.9 Å². The first-order valence-electron chi connectivity index (χ1n) is 9.53. The van der Waals surface area contributed by atoms with Crippen molar-refractivity contribution < 1.29 is 9.53 Å². The van der Waals surface area contributed by atoms with Crippen molar-refractivity contribution in [3.8, 4) is 5.75 Å². The van der Waals surface area contributed by atoms with Crippen molar-refractivity contribution in [2.45, 2.75) is 37.9 Å². The molecule has 0 N–H and O–H groups in total. The van der Waals surface area contributed by atoms with Crippen LogP contribution in [0.4, 0.5) is 0 Å². The Balaban J connectivity index is 1.51. The minimum absolute atomic E-state index is 0.264. The van der Waals surface area contributed by atoms with Crippen LogP contribution in [0.5, 0.6) is 5.75 Å². The Bertz CT molecular complexity index is 823. The zero-order valence-corrected chi connectivity index (χ0v) is 16.4. The fourth-order valence-electron chi connectivity index (χ4n) is 4.51. The van der Waals surface area contributed by atoms with Gasteiger partial charge in [0.15, 0.2) is 0 Å². The van der Waals surface area contributed by atoms with Crippen LogP contribution in [-0.4, -0.2) is 41.4 Å². The first-order chi connectivity index (χ1) is 13.1. The summed E-state index contributed by atoms with van der Waals surface area (Å²) in [6.45, 7) is 3.18. The number of hydrogen-bond acceptors (Lipinski definition) is 3. The van der Waals surface area contributed by atoms with Gasteiger partial charge < -0.3 is 9.64 Å². The van der Waals surface area contributed by atoms with E-state index in [0.717, 1.165) is 55.2 Å². The molecule has 0 radical (unpaired) electrons. The second-order valence-electron chi connectivity index (χ2n) is 7.47. The molecule has 1 unspecified atom stereocenters. The van der Waals surface area contributed by atoms with Gasteiger partial charge in [-0.1, -0.05) is 41.9 Å². The fourth-order valence-corrected chi connectivity index (χ4v) is 4.64. The van der Waals surface area contributed by atoms with E-state index in [4.69, 9.17) is 16.3 Å². The van der Waals surface area contributed by atoms with Gasteiger partial charge >= 0.3 is 0 Å². The molecule has 2 fully saturated rings. The van der Waals surface area contributed by atoms with E-state index in [1.54, 1.807) is 7.11 Å². The zero-order valence-electron chi connectivity index (χ0n) is 15.7. The van der Waals surface area contributed by atoms with Crippen molar-refractivity contribution in [1.82, 2.24) is 9.80 Å². The van der Waals surface area contributed by atoms with Crippen LogP contribution in [0, 0.1) is 0 Å². The maximum absolute atomic E-state index is 13.4. The molecule has 5 heteroatoms. The summed E-state index contributed by atoms with van der Waals surface area (Å²) in [6.07, 6.45) is 2.91. The second-order valence-corrected chi connectivity index (χ2v) is 7.91. The number of hydrogen-bond donors (Lipinski definition) is 0. The fraction of sp³-hybridized carbons (Fsp3) is 0.409. The first kappa shape index (κ1) is 18.3. The Morgan fingerprint density at radius 2 is 1.81 bits per heavy atom. The van der Waals surface area contributed by atoms with Gasteiger partial charge in [0, 0.05) is 30.2 Å². The van der Waals surface area contributed by atoms with Crippen molar-refractivity contribution in [2.75, 3.05) is 20.2 Å². The molecule has 1 spiro atoms. The minimum atomic E-state index is -0.346. The largest absolute Gasteiger partial charge is 0.496 e. The summed E-state index contributed by atoms with van der Waals surface area (Å²) in [5.74, 6) is 1.11. The van der Waals surface area contributed by atoms with Crippen molar-refractivity contribution in [3.63, 3.8) is 0 Å². The van der Waals surface area contributed by atoms with Gasteiger partial charge in [0.2, 0.25) is 5.91 Å². The third-order valence-corrected chi connectivity index (χ3v) is 6.20. The lowest BCUT2D eigenvalue weighted by Crippen LogP contribution is -2.49. The summed E-state index contributed by atoms with van der Waals surface area (Å²) in [5.41, 5.74) is 1.92. The number of likely N-dealkylation sites (tertiary alicyclic amines) is 2. The molecule has 2 aliphatic heterocycles. The average Bonchev–Trinajstić information content (AvgIpc) is 3.23. The molecular formula is C22H25ClN2O2. The molecule has 142 valence electrons. The lowest BCUT2D eigenvalue weighted by atomic mass is 9.94. The van der Waals surface area contributed by atoms with Gasteiger partial charge in [-0.05, 0) is 49.6 Å². The predicted octanol–water partition coefficient (Wildman–Crippen LogP) is 4.12. The Labute approximate surface area is 165 Å². The van der Waals surface area contributed by atoms with Crippen LogP contribution in [0.1, 0.15) is 30.4 Å². The van der Waals surface area contributed by atoms with Crippen LogP contribution in [0.15, 0.2) is 48.5 Å². The molecule has 4 nitrogen and oxygen atoms in total. The van der Waals surface area contributed by atoms with Crippen LogP contribution >= 0.6 is 11.6 Å². The van der Waals surface area contributed by atoms with E-state index < -0.39 is 0 Å². The topological polar surface area (TPSA) is 32.8 Å². The highest BCUT2D eigenvalue weighted by Crippen LogP contribution is 2.40. The van der Waals surface area contributed by atoms with E-state index in [2.05, 4.69) is 17.0 Å². The molecule has 2 aromatic carbocycles. The lowest BCUT2D eigenvalue weighted by Gasteiger charge is -2.33. The molecule has 1 amide bonds. The van der Waals surface area contributed by atoms with Gasteiger partial charge in [-0.25, -0.2) is 0 Å². The average molecular weight is 385 g/mol. The third kappa shape index (κ3) is 3.44. The summed E-state index contributed by atoms with van der Waals surface area (Å²) in [7, 11) is 1.68. The molecule has 2 aromatic rings. The SMILES string of the molecule is COc1ccccc1CN1CCC2(CCCN2Cc2ccc(Cl)cc2)C1=O. The zero-order chi connectivity index (χ0) is 18.9. The first-order valence-corrected chi connectivity index (χ1v) is 9.91. The Morgan fingerprint density at radius 1 is 1.04 bits per heavy atom. The van der Waals surface area contributed by atoms with Gasteiger partial charge in [-0.15, -0.1) is 0 Å². The maximum atomic E-state index is 13.4. The number of carbonyl (C=O) groups is 1. The molecule has 0 aromatic heterocycles. The van der Waals surface area contributed by atoms with E-state index in [9.17, 15) is 4.79 Å². The Kier molecular flexibility index (Phi) is 5.11. The predicted molar refractivity (Wildman–Crippen MR) is 107 cm³/mol. The van der Waals surface area contributed by atoms with Gasteiger partial charge in [0.1, 0.15) is 11.3 Å². The highest BCUT2D eigenvalue weighted by Gasteiger charge is 2.52. The molecule has 2 aliphatic rings. The van der Waals surface area contributed by atoms with Crippen molar-refractivity contribution in [1.29, 1.82) is 0 Å². The van der Waals surface area contributed by atoms with Crippen molar-refractivity contribution in [3.05, 3.63) is 64.7 Å². The quantitative estimate of drug-likeness (QED) is 0.777. The standard InChI is InChI=1S/C22H25ClN2O2/c1-27-20-6-3-2-5-18(20)16-24-14-12-22(21(24)26)11-4-13-25(22)15-17-7-9-19(23)10-8-17/h2-3,5-10H,4,11-16H2,1H3. The van der Waals surface area contributed by atoms with Crippen LogP contribution in [0.25, 0.3) is 0 Å². The maximum Gasteiger partial charge on any atom is 0.243 e. The Morgan fingerprint density at radius 3 is 2.59 bits per heavy atom. The molecule has 4 rings (SSSR count). The number of para-hydroxylation sites is 1. The lowest BCUT2D eigenvalue weighted by molar-refractivity contribution is -0.137. The Hall–Kier alpha value is -2.04. The molecule has 2 saturated heterocycles. The summed E-state index contributed by atoms with van der Waals surface area (Å²) >= 11 is 6.01. The van der Waals surface area contributed by atoms with Crippen LogP contribution < -0.4 is 4.74 Å². The van der Waals surface area contributed by atoms with Crippen LogP contribution in [0.3, 0.4) is 0 Å². The number of nitrogens with zero attached hydrogens (tertiary/aromatic N) is 2. The smallest absolute Gasteiger partial charge is 0.243 e. The molecule has 27 heavy (non-hydrogen) atoms. The van der Waals surface area contributed by atoms with Crippen LogP contribution in [0.2, 0.25) is 5.02 Å². The number of halogens is 1. The number of methoxy groups -OCH3 is 1. The minimum Gasteiger partial charge on any atom is -0.496 e. The summed E-state index contributed by atoms with van der Waals surface area (Å²) in [6, 6.07) is 15.9. The third-order valence-electron chi connectivity index (χ3n) is 5.94. The van der Waals surface area contributed by atoms with E-state index >= 15 is 0 Å². The number of ether oxygens (including phenoxy) is 1. The molecule has 2 heterocycles.